The number of allylic oxidation sites excluding steroid dienone is 5. The van der Waals surface area contributed by atoms with E-state index in [1.165, 1.54) is 0 Å². The van der Waals surface area contributed by atoms with Crippen molar-refractivity contribution in [2.75, 3.05) is 0 Å². The molecule has 2 fully saturated rings. The third kappa shape index (κ3) is 2.81. The predicted octanol–water partition coefficient (Wildman–Crippen LogP) is 3.89. The average molecular weight is 401 g/mol. The summed E-state index contributed by atoms with van der Waals surface area (Å²) >= 11 is 0. The molecule has 1 saturated heterocycles. The fourth-order valence-electron chi connectivity index (χ4n) is 5.69. The third-order valence-corrected chi connectivity index (χ3v) is 6.99. The lowest BCUT2D eigenvalue weighted by molar-refractivity contribution is -0.138. The molecule has 1 aliphatic heterocycles. The topological polar surface area (TPSA) is 63.7 Å². The highest BCUT2D eigenvalue weighted by molar-refractivity contribution is 6.16. The van der Waals surface area contributed by atoms with Crippen molar-refractivity contribution >= 4 is 17.9 Å². The number of amides is 3. The van der Waals surface area contributed by atoms with Crippen LogP contribution >= 0.6 is 0 Å². The minimum atomic E-state index is -0.874. The molecule has 1 aromatic rings. The molecular weight excluding hydrogens is 378 g/mol. The SMILES string of the molecule is CC1/C=C\C=C/C2C3C=C=CC3C1C1C(=O)N(C(=O)OCc3ccccc3)C(=O)C21. The van der Waals surface area contributed by atoms with Crippen molar-refractivity contribution < 1.29 is 19.1 Å². The minimum absolute atomic E-state index is 0.0225. The molecule has 7 atom stereocenters. The Hall–Kier alpha value is -3.17. The van der Waals surface area contributed by atoms with Crippen LogP contribution in [0.25, 0.3) is 0 Å². The van der Waals surface area contributed by atoms with Gasteiger partial charge in [-0.1, -0.05) is 61.6 Å². The minimum Gasteiger partial charge on any atom is -0.444 e. The number of imide groups is 3. The summed E-state index contributed by atoms with van der Waals surface area (Å²) in [6, 6.07) is 9.22. The van der Waals surface area contributed by atoms with Gasteiger partial charge in [0, 0.05) is 0 Å². The number of rotatable bonds is 2. The van der Waals surface area contributed by atoms with E-state index in [9.17, 15) is 14.4 Å². The highest BCUT2D eigenvalue weighted by atomic mass is 16.6. The molecule has 7 unspecified atom stereocenters. The summed E-state index contributed by atoms with van der Waals surface area (Å²) in [6.45, 7) is 2.10. The second-order valence-corrected chi connectivity index (χ2v) is 8.54. The second kappa shape index (κ2) is 7.26. The number of ether oxygens (including phenoxy) is 1. The van der Waals surface area contributed by atoms with Crippen LogP contribution in [0.3, 0.4) is 0 Å². The van der Waals surface area contributed by atoms with Gasteiger partial charge in [0.05, 0.1) is 11.8 Å². The maximum Gasteiger partial charge on any atom is 0.423 e. The molecule has 2 bridgehead atoms. The molecule has 0 spiro atoms. The summed E-state index contributed by atoms with van der Waals surface area (Å²) in [6.07, 6.45) is 11.3. The fraction of sp³-hybridized carbons (Fsp3) is 0.360. The normalized spacial score (nSPS) is 37.9. The van der Waals surface area contributed by atoms with Crippen molar-refractivity contribution in [2.24, 2.45) is 41.4 Å². The van der Waals surface area contributed by atoms with Gasteiger partial charge in [-0.05, 0) is 47.3 Å². The van der Waals surface area contributed by atoms with E-state index in [2.05, 4.69) is 18.7 Å². The molecule has 0 radical (unpaired) electrons. The number of fused-ring (bicyclic) bond motifs is 3. The molecule has 5 nitrogen and oxygen atoms in total. The Morgan fingerprint density at radius 2 is 1.67 bits per heavy atom. The Morgan fingerprint density at radius 3 is 2.47 bits per heavy atom. The third-order valence-electron chi connectivity index (χ3n) is 6.99. The van der Waals surface area contributed by atoms with Gasteiger partial charge in [-0.15, -0.1) is 5.73 Å². The Labute approximate surface area is 175 Å². The maximum atomic E-state index is 13.4. The number of likely N-dealkylation sites (tertiary alicyclic amines) is 1. The van der Waals surface area contributed by atoms with Crippen LogP contribution in [0.5, 0.6) is 0 Å². The first-order chi connectivity index (χ1) is 14.6. The van der Waals surface area contributed by atoms with Crippen LogP contribution in [0.15, 0.2) is 72.5 Å². The van der Waals surface area contributed by atoms with Crippen molar-refractivity contribution in [3.63, 3.8) is 0 Å². The molecule has 152 valence electrons. The molecule has 3 aliphatic carbocycles. The van der Waals surface area contributed by atoms with E-state index >= 15 is 0 Å². The summed E-state index contributed by atoms with van der Waals surface area (Å²) in [5.41, 5.74) is 4.02. The molecule has 30 heavy (non-hydrogen) atoms. The van der Waals surface area contributed by atoms with Crippen molar-refractivity contribution in [1.82, 2.24) is 4.90 Å². The number of benzene rings is 1. The molecule has 5 rings (SSSR count). The quantitative estimate of drug-likeness (QED) is 0.557. The lowest BCUT2D eigenvalue weighted by Crippen LogP contribution is -2.47. The zero-order valence-corrected chi connectivity index (χ0v) is 16.7. The van der Waals surface area contributed by atoms with Crippen LogP contribution in [0.2, 0.25) is 0 Å². The van der Waals surface area contributed by atoms with E-state index in [-0.39, 0.29) is 36.2 Å². The highest BCUT2D eigenvalue weighted by Gasteiger charge is 2.63. The molecule has 0 N–H and O–H groups in total. The van der Waals surface area contributed by atoms with Gasteiger partial charge >= 0.3 is 6.09 Å². The molecule has 1 aromatic carbocycles. The summed E-state index contributed by atoms with van der Waals surface area (Å²) in [5.74, 6) is -1.78. The number of carbonyl (C=O) groups excluding carboxylic acids is 3. The van der Waals surface area contributed by atoms with Gasteiger partial charge in [0.2, 0.25) is 11.8 Å². The van der Waals surface area contributed by atoms with Crippen LogP contribution in [-0.4, -0.2) is 22.8 Å². The lowest BCUT2D eigenvalue weighted by atomic mass is 9.56. The molecule has 0 aromatic heterocycles. The zero-order valence-electron chi connectivity index (χ0n) is 16.7. The van der Waals surface area contributed by atoms with Gasteiger partial charge in [0.25, 0.3) is 0 Å². The number of hydrogen-bond donors (Lipinski definition) is 0. The standard InChI is InChI=1S/C25H23NO4/c1-15-8-5-6-11-19-17-12-7-13-18(17)20(15)22-21(19)23(27)26(24(22)28)25(29)30-14-16-9-3-2-4-10-16/h2-6,8-13,15,17-22H,14H2,1H3/b8-5-,11-6-. The molecular formula is C25H23NO4. The first-order valence-corrected chi connectivity index (χ1v) is 10.4. The number of hydrogen-bond acceptors (Lipinski definition) is 4. The van der Waals surface area contributed by atoms with Crippen LogP contribution in [-0.2, 0) is 20.9 Å². The van der Waals surface area contributed by atoms with Gasteiger partial charge in [0.15, 0.2) is 0 Å². The number of nitrogens with zero attached hydrogens (tertiary/aromatic N) is 1. The van der Waals surface area contributed by atoms with Gasteiger partial charge in [-0.25, -0.2) is 4.79 Å². The van der Waals surface area contributed by atoms with Crippen molar-refractivity contribution in [3.8, 4) is 0 Å². The monoisotopic (exact) mass is 401 g/mol. The summed E-state index contributed by atoms with van der Waals surface area (Å²) in [5, 5.41) is 0. The Morgan fingerprint density at radius 1 is 0.967 bits per heavy atom. The molecule has 5 heteroatoms. The van der Waals surface area contributed by atoms with Crippen LogP contribution < -0.4 is 0 Å². The molecule has 4 aliphatic rings. The fourth-order valence-corrected chi connectivity index (χ4v) is 5.69. The van der Waals surface area contributed by atoms with E-state index in [0.717, 1.165) is 10.5 Å². The van der Waals surface area contributed by atoms with E-state index < -0.39 is 29.7 Å². The Balaban J connectivity index is 1.46. The van der Waals surface area contributed by atoms with E-state index in [1.54, 1.807) is 0 Å². The second-order valence-electron chi connectivity index (χ2n) is 8.54. The Bertz CT molecular complexity index is 1020. The maximum absolute atomic E-state index is 13.4. The van der Waals surface area contributed by atoms with Crippen LogP contribution in [0.1, 0.15) is 12.5 Å². The Kier molecular flexibility index (Phi) is 4.56. The molecule has 1 heterocycles. The molecule has 1 saturated carbocycles. The van der Waals surface area contributed by atoms with Crippen LogP contribution in [0.4, 0.5) is 4.79 Å². The zero-order chi connectivity index (χ0) is 20.8. The van der Waals surface area contributed by atoms with E-state index in [4.69, 9.17) is 4.74 Å². The average Bonchev–Trinajstić information content (AvgIpc) is 3.34. The smallest absolute Gasteiger partial charge is 0.423 e. The molecule has 3 amide bonds. The lowest BCUT2D eigenvalue weighted by Gasteiger charge is -2.45. The summed E-state index contributed by atoms with van der Waals surface area (Å²) < 4.78 is 5.34. The van der Waals surface area contributed by atoms with Gasteiger partial charge < -0.3 is 4.74 Å². The van der Waals surface area contributed by atoms with Crippen molar-refractivity contribution in [2.45, 2.75) is 13.5 Å². The van der Waals surface area contributed by atoms with Gasteiger partial charge in [-0.3, -0.25) is 9.59 Å². The van der Waals surface area contributed by atoms with Crippen molar-refractivity contribution in [1.29, 1.82) is 0 Å². The predicted molar refractivity (Wildman–Crippen MR) is 110 cm³/mol. The van der Waals surface area contributed by atoms with E-state index in [0.29, 0.717) is 0 Å². The van der Waals surface area contributed by atoms with Gasteiger partial charge in [-0.2, -0.15) is 4.90 Å². The largest absolute Gasteiger partial charge is 0.444 e. The highest BCUT2D eigenvalue weighted by Crippen LogP contribution is 2.55. The summed E-state index contributed by atoms with van der Waals surface area (Å²) in [4.78, 5) is 40.3. The number of carbonyl (C=O) groups is 3. The van der Waals surface area contributed by atoms with E-state index in [1.807, 2.05) is 60.7 Å². The first kappa shape index (κ1) is 18.8. The van der Waals surface area contributed by atoms with Crippen LogP contribution in [0, 0.1) is 41.4 Å². The van der Waals surface area contributed by atoms with Crippen molar-refractivity contribution in [3.05, 3.63) is 78.1 Å². The summed E-state index contributed by atoms with van der Waals surface area (Å²) in [7, 11) is 0. The van der Waals surface area contributed by atoms with Gasteiger partial charge in [0.1, 0.15) is 6.61 Å². The first-order valence-electron chi connectivity index (χ1n) is 10.4.